The fourth-order valence-electron chi connectivity index (χ4n) is 1.64. The van der Waals surface area contributed by atoms with Gasteiger partial charge in [-0.1, -0.05) is 26.0 Å². The molecule has 1 aromatic rings. The van der Waals surface area contributed by atoms with Gasteiger partial charge in [0, 0.05) is 19.0 Å². The highest BCUT2D eigenvalue weighted by Gasteiger charge is 2.22. The normalized spacial score (nSPS) is 12.0. The van der Waals surface area contributed by atoms with E-state index in [4.69, 9.17) is 11.6 Å². The lowest BCUT2D eigenvalue weighted by Gasteiger charge is -2.19. The number of halogens is 1. The van der Waals surface area contributed by atoms with Gasteiger partial charge in [0.05, 0.1) is 4.90 Å². The second-order valence-electron chi connectivity index (χ2n) is 3.78. The predicted molar refractivity (Wildman–Crippen MR) is 70.7 cm³/mol. The summed E-state index contributed by atoms with van der Waals surface area (Å²) in [6.07, 6.45) is 0.808. The van der Waals surface area contributed by atoms with E-state index in [0.717, 1.165) is 12.0 Å². The summed E-state index contributed by atoms with van der Waals surface area (Å²) < 4.78 is 26.1. The highest BCUT2D eigenvalue weighted by atomic mass is 35.5. The summed E-state index contributed by atoms with van der Waals surface area (Å²) >= 11 is 5.72. The second-order valence-corrected chi connectivity index (χ2v) is 5.98. The average molecular weight is 276 g/mol. The van der Waals surface area contributed by atoms with E-state index in [1.54, 1.807) is 18.2 Å². The van der Waals surface area contributed by atoms with Crippen molar-refractivity contribution in [3.63, 3.8) is 0 Å². The van der Waals surface area contributed by atoms with Crippen LogP contribution in [-0.2, 0) is 15.9 Å². The Bertz CT molecular complexity index is 459. The number of sulfonamides is 1. The lowest BCUT2D eigenvalue weighted by atomic mass is 10.2. The maximum atomic E-state index is 12.3. The molecule has 0 heterocycles. The topological polar surface area (TPSA) is 37.4 Å². The number of nitrogens with zero attached hydrogens (tertiary/aromatic N) is 1. The molecule has 0 radical (unpaired) electrons. The number of hydrogen-bond acceptors (Lipinski definition) is 2. The number of alkyl halides is 1. The molecule has 0 fully saturated rings. The monoisotopic (exact) mass is 275 g/mol. The molecule has 0 aliphatic carbocycles. The Morgan fingerprint density at radius 3 is 2.53 bits per heavy atom. The fraction of sp³-hybridized carbons (Fsp3) is 0.500. The van der Waals surface area contributed by atoms with E-state index < -0.39 is 10.0 Å². The van der Waals surface area contributed by atoms with Gasteiger partial charge in [-0.05, 0) is 24.1 Å². The van der Waals surface area contributed by atoms with Crippen LogP contribution in [0.25, 0.3) is 0 Å². The van der Waals surface area contributed by atoms with Crippen LogP contribution in [0, 0.1) is 0 Å². The molecule has 0 N–H and O–H groups in total. The van der Waals surface area contributed by atoms with Crippen LogP contribution < -0.4 is 0 Å². The zero-order valence-electron chi connectivity index (χ0n) is 10.2. The van der Waals surface area contributed by atoms with Gasteiger partial charge in [0.15, 0.2) is 0 Å². The quantitative estimate of drug-likeness (QED) is 0.749. The van der Waals surface area contributed by atoms with E-state index in [-0.39, 0.29) is 0 Å². The van der Waals surface area contributed by atoms with Crippen molar-refractivity contribution >= 4 is 21.6 Å². The standard InChI is InChI=1S/C12H18ClNO2S/c1-3-8-14(4-2)17(15,16)12-7-5-6-11(9-12)10-13/h5-7,9H,3-4,8,10H2,1-2H3. The van der Waals surface area contributed by atoms with E-state index >= 15 is 0 Å². The SMILES string of the molecule is CCCN(CC)S(=O)(=O)c1cccc(CCl)c1. The third-order valence-electron chi connectivity index (χ3n) is 2.52. The maximum absolute atomic E-state index is 12.3. The van der Waals surface area contributed by atoms with Gasteiger partial charge in [0.1, 0.15) is 0 Å². The molecule has 1 rings (SSSR count). The summed E-state index contributed by atoms with van der Waals surface area (Å²) in [5.74, 6) is 0.323. The second kappa shape index (κ2) is 6.38. The highest BCUT2D eigenvalue weighted by Crippen LogP contribution is 2.18. The highest BCUT2D eigenvalue weighted by molar-refractivity contribution is 7.89. The molecule has 3 nitrogen and oxygen atoms in total. The summed E-state index contributed by atoms with van der Waals surface area (Å²) in [7, 11) is -3.37. The van der Waals surface area contributed by atoms with Gasteiger partial charge in [-0.15, -0.1) is 11.6 Å². The lowest BCUT2D eigenvalue weighted by molar-refractivity contribution is 0.427. The predicted octanol–water partition coefficient (Wildman–Crippen LogP) is 2.85. The molecule has 1 aromatic carbocycles. The van der Waals surface area contributed by atoms with Crippen molar-refractivity contribution in [3.8, 4) is 0 Å². The Kier molecular flexibility index (Phi) is 5.43. The number of benzene rings is 1. The van der Waals surface area contributed by atoms with Gasteiger partial charge < -0.3 is 0 Å². The first-order chi connectivity index (χ1) is 8.06. The molecular weight excluding hydrogens is 258 g/mol. The van der Waals surface area contributed by atoms with Gasteiger partial charge >= 0.3 is 0 Å². The van der Waals surface area contributed by atoms with Crippen molar-refractivity contribution < 1.29 is 8.42 Å². The van der Waals surface area contributed by atoms with Crippen molar-refractivity contribution in [2.24, 2.45) is 0 Å². The van der Waals surface area contributed by atoms with Crippen LogP contribution in [0.4, 0.5) is 0 Å². The molecule has 5 heteroatoms. The van der Waals surface area contributed by atoms with Crippen LogP contribution >= 0.6 is 11.6 Å². The van der Waals surface area contributed by atoms with E-state index in [1.807, 2.05) is 19.9 Å². The van der Waals surface area contributed by atoms with Crippen LogP contribution in [-0.4, -0.2) is 25.8 Å². The van der Waals surface area contributed by atoms with Crippen LogP contribution in [0.5, 0.6) is 0 Å². The van der Waals surface area contributed by atoms with Crippen molar-refractivity contribution in [2.75, 3.05) is 13.1 Å². The number of hydrogen-bond donors (Lipinski definition) is 0. The van der Waals surface area contributed by atoms with Crippen LogP contribution in [0.2, 0.25) is 0 Å². The first-order valence-electron chi connectivity index (χ1n) is 5.71. The van der Waals surface area contributed by atoms with Crippen molar-refractivity contribution in [1.29, 1.82) is 0 Å². The minimum absolute atomic E-state index is 0.323. The molecule has 0 saturated carbocycles. The van der Waals surface area contributed by atoms with Gasteiger partial charge in [0.25, 0.3) is 0 Å². The molecule has 0 spiro atoms. The Balaban J connectivity index is 3.10. The largest absolute Gasteiger partial charge is 0.243 e. The molecule has 0 bridgehead atoms. The van der Waals surface area contributed by atoms with E-state index in [1.165, 1.54) is 4.31 Å². The zero-order chi connectivity index (χ0) is 12.9. The van der Waals surface area contributed by atoms with Gasteiger partial charge in [-0.3, -0.25) is 0 Å². The Morgan fingerprint density at radius 1 is 1.29 bits per heavy atom. The molecule has 0 unspecified atom stereocenters. The Labute approximate surface area is 108 Å². The molecule has 0 aromatic heterocycles. The van der Waals surface area contributed by atoms with Crippen molar-refractivity contribution in [2.45, 2.75) is 31.0 Å². The van der Waals surface area contributed by atoms with E-state index in [9.17, 15) is 8.42 Å². The smallest absolute Gasteiger partial charge is 0.207 e. The minimum atomic E-state index is -3.37. The van der Waals surface area contributed by atoms with Crippen LogP contribution in [0.15, 0.2) is 29.2 Å². The molecule has 17 heavy (non-hydrogen) atoms. The molecule has 0 aliphatic rings. The van der Waals surface area contributed by atoms with Crippen LogP contribution in [0.1, 0.15) is 25.8 Å². The summed E-state index contributed by atoms with van der Waals surface area (Å²) in [5, 5.41) is 0. The minimum Gasteiger partial charge on any atom is -0.207 e. The number of rotatable bonds is 6. The molecule has 0 aliphatic heterocycles. The zero-order valence-corrected chi connectivity index (χ0v) is 11.8. The molecule has 0 amide bonds. The van der Waals surface area contributed by atoms with Crippen LogP contribution in [0.3, 0.4) is 0 Å². The molecule has 0 saturated heterocycles. The summed E-state index contributed by atoms with van der Waals surface area (Å²) in [6, 6.07) is 6.80. The van der Waals surface area contributed by atoms with E-state index in [0.29, 0.717) is 23.9 Å². The fourth-order valence-corrected chi connectivity index (χ4v) is 3.41. The lowest BCUT2D eigenvalue weighted by Crippen LogP contribution is -2.31. The van der Waals surface area contributed by atoms with Gasteiger partial charge in [-0.2, -0.15) is 4.31 Å². The molecular formula is C12H18ClNO2S. The van der Waals surface area contributed by atoms with Crippen molar-refractivity contribution in [3.05, 3.63) is 29.8 Å². The third kappa shape index (κ3) is 3.44. The Morgan fingerprint density at radius 2 is 2.00 bits per heavy atom. The van der Waals surface area contributed by atoms with E-state index in [2.05, 4.69) is 0 Å². The van der Waals surface area contributed by atoms with Gasteiger partial charge in [0.2, 0.25) is 10.0 Å². The summed E-state index contributed by atoms with van der Waals surface area (Å²) in [5.41, 5.74) is 0.820. The summed E-state index contributed by atoms with van der Waals surface area (Å²) in [6.45, 7) is 4.84. The molecule has 96 valence electrons. The van der Waals surface area contributed by atoms with Crippen molar-refractivity contribution in [1.82, 2.24) is 4.31 Å². The first-order valence-corrected chi connectivity index (χ1v) is 7.68. The van der Waals surface area contributed by atoms with Gasteiger partial charge in [-0.25, -0.2) is 8.42 Å². The first kappa shape index (κ1) is 14.5. The summed E-state index contributed by atoms with van der Waals surface area (Å²) in [4.78, 5) is 0.325. The third-order valence-corrected chi connectivity index (χ3v) is 4.80. The Hall–Kier alpha value is -0.580. The molecule has 0 atom stereocenters. The maximum Gasteiger partial charge on any atom is 0.243 e. The average Bonchev–Trinajstić information content (AvgIpc) is 2.35.